The van der Waals surface area contributed by atoms with Crippen LogP contribution in [0.25, 0.3) is 67.8 Å². The second-order valence-electron chi connectivity index (χ2n) is 26.1. The van der Waals surface area contributed by atoms with E-state index in [0.29, 0.717) is 134 Å². The number of carbonyl (C=O) groups excluding carboxylic acids is 4. The molecule has 0 saturated heterocycles. The number of esters is 2. The molecule has 0 aliphatic rings. The Morgan fingerprint density at radius 1 is 0.363 bits per heavy atom. The van der Waals surface area contributed by atoms with Crippen molar-refractivity contribution in [1.29, 1.82) is 0 Å². The Morgan fingerprint density at radius 3 is 1.03 bits per heavy atom. The largest absolute Gasteiger partial charge is 0.460 e. The number of benzene rings is 7. The fourth-order valence-electron chi connectivity index (χ4n) is 10.9. The van der Waals surface area contributed by atoms with E-state index in [2.05, 4.69) is 72.3 Å². The third-order valence-corrected chi connectivity index (χ3v) is 16.8. The van der Waals surface area contributed by atoms with Crippen molar-refractivity contribution in [1.82, 2.24) is 70.6 Å². The molecule has 1 unspecified atom stereocenters. The van der Waals surface area contributed by atoms with E-state index in [1.54, 1.807) is 101 Å². The molecule has 4 aromatic heterocycles. The van der Waals surface area contributed by atoms with Crippen LogP contribution in [0, 0.1) is 5.41 Å². The molecule has 0 fully saturated rings. The van der Waals surface area contributed by atoms with Crippen LogP contribution in [-0.4, -0.2) is 230 Å². The summed E-state index contributed by atoms with van der Waals surface area (Å²) >= 11 is 0. The van der Waals surface area contributed by atoms with E-state index >= 15 is 4.79 Å². The van der Waals surface area contributed by atoms with Crippen LogP contribution in [0.15, 0.2) is 209 Å². The van der Waals surface area contributed by atoms with Gasteiger partial charge in [0.1, 0.15) is 42.0 Å². The van der Waals surface area contributed by atoms with E-state index in [-0.39, 0.29) is 80.9 Å². The maximum absolute atomic E-state index is 15.0. The van der Waals surface area contributed by atoms with E-state index in [4.69, 9.17) is 52.1 Å². The fourth-order valence-corrected chi connectivity index (χ4v) is 10.9. The minimum absolute atomic E-state index is 0.0700. The molecular formula is C80H88N18O15. The van der Waals surface area contributed by atoms with Crippen molar-refractivity contribution >= 4 is 46.5 Å². The predicted octanol–water partition coefficient (Wildman–Crippen LogP) is 11.1. The molecule has 0 saturated carbocycles. The van der Waals surface area contributed by atoms with Gasteiger partial charge in [-0.3, -0.25) is 9.59 Å². The number of amides is 2. The van der Waals surface area contributed by atoms with Crippen molar-refractivity contribution in [3.63, 3.8) is 0 Å². The van der Waals surface area contributed by atoms with Crippen LogP contribution in [0.1, 0.15) is 51.8 Å². The summed E-state index contributed by atoms with van der Waals surface area (Å²) in [5, 5.41) is 59.7. The van der Waals surface area contributed by atoms with E-state index < -0.39 is 35.2 Å². The van der Waals surface area contributed by atoms with Gasteiger partial charge in [-0.25, -0.2) is 28.3 Å². The molecule has 0 aliphatic carbocycles. The molecule has 7 aromatic carbocycles. The molecule has 2 N–H and O–H groups in total. The minimum atomic E-state index is -1.05. The Bertz CT molecular complexity index is 4640. The van der Waals surface area contributed by atoms with Crippen LogP contribution in [0.2, 0.25) is 0 Å². The van der Waals surface area contributed by atoms with Crippen molar-refractivity contribution in [2.75, 3.05) is 140 Å². The Balaban J connectivity index is 0.914. The van der Waals surface area contributed by atoms with Crippen molar-refractivity contribution in [2.45, 2.75) is 26.8 Å². The summed E-state index contributed by atoms with van der Waals surface area (Å²) in [6, 6.07) is 47.3. The molecule has 1 atom stereocenters. The van der Waals surface area contributed by atoms with Crippen LogP contribution in [0.5, 0.6) is 0 Å². The lowest BCUT2D eigenvalue weighted by molar-refractivity contribution is -0.125. The van der Waals surface area contributed by atoms with Gasteiger partial charge in [0, 0.05) is 55.7 Å². The Kier molecular flexibility index (Phi) is 30.6. The summed E-state index contributed by atoms with van der Waals surface area (Å²) in [6.07, 6.45) is 6.68. The zero-order valence-electron chi connectivity index (χ0n) is 63.5. The lowest BCUT2D eigenvalue weighted by atomic mass is 9.85. The number of methoxy groups -OCH3 is 3. The van der Waals surface area contributed by atoms with Crippen molar-refractivity contribution in [3.05, 3.63) is 205 Å². The first kappa shape index (κ1) is 81.8. The molecule has 4 heterocycles. The minimum Gasteiger partial charge on any atom is -0.460 e. The summed E-state index contributed by atoms with van der Waals surface area (Å²) in [5.74, 6) is -2.40. The van der Waals surface area contributed by atoms with E-state index in [1.165, 1.54) is 18.7 Å². The second-order valence-corrected chi connectivity index (χ2v) is 26.1. The molecule has 11 rings (SSSR count). The fraction of sp³-hybridized carbons (Fsp3) is 0.325. The number of nitrogens with one attached hydrogen (secondary N) is 2. The molecule has 33 nitrogen and oxygen atoms in total. The number of carbonyl (C=O) groups is 4. The first-order chi connectivity index (χ1) is 55.2. The number of aromatic nitrogens is 12. The van der Waals surface area contributed by atoms with Crippen LogP contribution >= 0.6 is 0 Å². The van der Waals surface area contributed by atoms with Crippen LogP contribution in [0.4, 0.5) is 22.7 Å². The molecule has 11 aromatic rings. The standard InChI is InChI=1S/C80H88N18O15/c1-80(2,3)75(77(100)81-25-26-106-33-34-107-30-27-103-4)82-76(99)60-44-58(73-54-97(93-89-73)69-48-61(78(101)112-41-39-110-37-35-108-31-28-104-5)46-67(50-69)95-52-71(87-91-95)56-17-21-65(22-18-56)85-83-63-13-9-7-10-14-63)43-59(45-60)74-55-98(94-90-74)70-49-62(79(102)113-42-40-111-38-36-109-32-29-105-6)47-68(51-70)96-53-72(88-92-96)57-19-23-66(24-20-57)86-84-64-15-11-8-12-16-64/h7-24,43-55,75H,25-42H2,1-6H3,(H,81,100)(H,82,99). The maximum Gasteiger partial charge on any atom is 0.338 e. The number of azo groups is 2. The number of hydrogen-bond donors (Lipinski definition) is 2. The molecule has 2 amide bonds. The van der Waals surface area contributed by atoms with Crippen LogP contribution < -0.4 is 10.6 Å². The van der Waals surface area contributed by atoms with E-state index in [9.17, 15) is 14.4 Å². The molecule has 588 valence electrons. The summed E-state index contributed by atoms with van der Waals surface area (Å²) in [6.45, 7) is 10.4. The highest BCUT2D eigenvalue weighted by atomic mass is 16.6. The smallest absolute Gasteiger partial charge is 0.338 e. The summed E-state index contributed by atoms with van der Waals surface area (Å²) in [7, 11) is 4.77. The van der Waals surface area contributed by atoms with Gasteiger partial charge in [-0.15, -0.1) is 20.4 Å². The first-order valence-corrected chi connectivity index (χ1v) is 36.4. The average Bonchev–Trinajstić information content (AvgIpc) is 1.68. The zero-order chi connectivity index (χ0) is 79.0. The van der Waals surface area contributed by atoms with Gasteiger partial charge < -0.3 is 62.7 Å². The zero-order valence-corrected chi connectivity index (χ0v) is 63.5. The number of hydrogen-bond acceptors (Lipinski definition) is 27. The van der Waals surface area contributed by atoms with Crippen molar-refractivity contribution in [2.24, 2.45) is 25.9 Å². The van der Waals surface area contributed by atoms with E-state index in [1.807, 2.05) is 130 Å². The topological polar surface area (TPSA) is 366 Å². The highest BCUT2D eigenvalue weighted by Crippen LogP contribution is 2.32. The van der Waals surface area contributed by atoms with Gasteiger partial charge in [0.2, 0.25) is 5.91 Å². The van der Waals surface area contributed by atoms with Crippen LogP contribution in [-0.2, 0) is 56.9 Å². The second kappa shape index (κ2) is 42.3. The van der Waals surface area contributed by atoms with Gasteiger partial charge in [0.15, 0.2) is 0 Å². The Labute approximate surface area is 651 Å². The van der Waals surface area contributed by atoms with Gasteiger partial charge in [0.25, 0.3) is 5.91 Å². The van der Waals surface area contributed by atoms with Crippen molar-refractivity contribution < 1.29 is 71.3 Å². The molecule has 113 heavy (non-hydrogen) atoms. The summed E-state index contributed by atoms with van der Waals surface area (Å²) in [4.78, 5) is 57.3. The number of ether oxygens (including phenoxy) is 11. The Morgan fingerprint density at radius 2 is 0.681 bits per heavy atom. The molecule has 0 bridgehead atoms. The quantitative estimate of drug-likeness (QED) is 0.0203. The molecule has 33 heteroatoms. The molecule has 0 radical (unpaired) electrons. The third kappa shape index (κ3) is 24.7. The lowest BCUT2D eigenvalue weighted by Gasteiger charge is -2.30. The third-order valence-electron chi connectivity index (χ3n) is 16.8. The van der Waals surface area contributed by atoms with Gasteiger partial charge in [-0.2, -0.15) is 20.5 Å². The molecule has 0 aliphatic heterocycles. The van der Waals surface area contributed by atoms with Crippen LogP contribution in [0.3, 0.4) is 0 Å². The monoisotopic (exact) mass is 1540 g/mol. The Hall–Kier alpha value is -12.2. The maximum atomic E-state index is 15.0. The van der Waals surface area contributed by atoms with E-state index in [0.717, 1.165) is 11.1 Å². The van der Waals surface area contributed by atoms with Gasteiger partial charge >= 0.3 is 11.9 Å². The molecule has 0 spiro atoms. The first-order valence-electron chi connectivity index (χ1n) is 36.4. The average molecular weight is 1540 g/mol. The lowest BCUT2D eigenvalue weighted by Crippen LogP contribution is -2.54. The van der Waals surface area contributed by atoms with Gasteiger partial charge in [0.05, 0.1) is 181 Å². The van der Waals surface area contributed by atoms with Gasteiger partial charge in [-0.1, -0.05) is 102 Å². The summed E-state index contributed by atoms with van der Waals surface area (Å²) < 4.78 is 66.1. The predicted molar refractivity (Wildman–Crippen MR) is 414 cm³/mol. The normalized spacial score (nSPS) is 11.9. The number of nitrogens with zero attached hydrogens (tertiary/aromatic N) is 16. The number of rotatable bonds is 44. The highest BCUT2D eigenvalue weighted by molar-refractivity contribution is 6.00. The summed E-state index contributed by atoms with van der Waals surface area (Å²) in [5.41, 5.74) is 7.59. The SMILES string of the molecule is COCCOCCOCCNC(=O)C(NC(=O)c1cc(-c2cn(-c3cc(C(=O)OCCOCCOCCOC)cc(-n4cc(-c5ccc(N=Nc6ccccc6)cc5)nn4)c3)nn2)cc(-c2cn(-c3cc(C(=O)OCCOCCOCCOC)cc(-n4cc(-c5ccc(N=Nc6ccccc6)cc5)nn4)c3)nn2)c1)C(C)(C)C. The van der Waals surface area contributed by atoms with Gasteiger partial charge in [-0.05, 0) is 109 Å². The highest BCUT2D eigenvalue weighted by Gasteiger charge is 2.33. The van der Waals surface area contributed by atoms with Crippen molar-refractivity contribution in [3.8, 4) is 67.8 Å². The molecular weight excluding hydrogens is 1450 g/mol.